The number of rotatable bonds is 2. The van der Waals surface area contributed by atoms with Crippen molar-refractivity contribution in [2.24, 2.45) is 5.92 Å². The minimum absolute atomic E-state index is 0.115. The Labute approximate surface area is 213 Å². The number of carbonyl (C=O) groups excluding carboxylic acids is 3. The number of hydrogen-bond donors (Lipinski definition) is 2. The Balaban J connectivity index is 1.62. The van der Waals surface area contributed by atoms with E-state index in [2.05, 4.69) is 15.5 Å². The van der Waals surface area contributed by atoms with Crippen LogP contribution in [0.3, 0.4) is 0 Å². The molecule has 2 amide bonds. The van der Waals surface area contributed by atoms with Crippen LogP contribution in [0.2, 0.25) is 5.02 Å². The Hall–Kier alpha value is -3.48. The summed E-state index contributed by atoms with van der Waals surface area (Å²) in [4.78, 5) is 45.4. The van der Waals surface area contributed by atoms with Crippen LogP contribution < -0.4 is 10.6 Å². The summed E-state index contributed by atoms with van der Waals surface area (Å²) in [5.74, 6) is -1.45. The maximum absolute atomic E-state index is 14.4. The van der Waals surface area contributed by atoms with Gasteiger partial charge in [-0.2, -0.15) is 0 Å². The highest BCUT2D eigenvalue weighted by Gasteiger charge is 2.81. The van der Waals surface area contributed by atoms with Crippen molar-refractivity contribution in [1.29, 1.82) is 0 Å². The van der Waals surface area contributed by atoms with Gasteiger partial charge in [0.05, 0.1) is 5.92 Å². The standard InChI is InChI=1S/C29H24ClN3O3/c1-16-14-18(30)15-20-24(16)32-27(36)29(20)28(19-10-5-6-11-21(19)31-26(28)35)23(22-12-7-13-33(22)29)25(34)17-8-3-2-4-9-17/h2-6,8-11,14-15,22-23H,7,12-13H2,1H3,(H,31,35)(H,32,36)/t22-,23+,28-,29-/m1/s1. The molecule has 2 N–H and O–H groups in total. The lowest BCUT2D eigenvalue weighted by molar-refractivity contribution is -0.137. The van der Waals surface area contributed by atoms with Crippen LogP contribution in [0.25, 0.3) is 0 Å². The van der Waals surface area contributed by atoms with Gasteiger partial charge in [0, 0.05) is 33.6 Å². The van der Waals surface area contributed by atoms with Gasteiger partial charge in [0.2, 0.25) is 5.91 Å². The van der Waals surface area contributed by atoms with E-state index in [0.717, 1.165) is 18.4 Å². The SMILES string of the molecule is Cc1cc(Cl)cc2c1NC(=O)[C@]21N2CCC[C@@H]2[C@@H](C(=O)c2ccccc2)[C@]12C(=O)Nc1ccccc12. The Morgan fingerprint density at radius 2 is 1.72 bits per heavy atom. The fraction of sp³-hybridized carbons (Fsp3) is 0.276. The van der Waals surface area contributed by atoms with E-state index in [-0.39, 0.29) is 23.6 Å². The molecule has 0 bridgehead atoms. The zero-order valence-electron chi connectivity index (χ0n) is 19.7. The van der Waals surface area contributed by atoms with Crippen LogP contribution in [0.4, 0.5) is 11.4 Å². The summed E-state index contributed by atoms with van der Waals surface area (Å²) in [7, 11) is 0. The van der Waals surface area contributed by atoms with Gasteiger partial charge in [-0.3, -0.25) is 19.3 Å². The van der Waals surface area contributed by atoms with Gasteiger partial charge in [-0.05, 0) is 55.6 Å². The van der Waals surface area contributed by atoms with Crippen LogP contribution >= 0.6 is 11.6 Å². The highest BCUT2D eigenvalue weighted by atomic mass is 35.5. The van der Waals surface area contributed by atoms with Gasteiger partial charge in [-0.25, -0.2) is 0 Å². The van der Waals surface area contributed by atoms with Gasteiger partial charge >= 0.3 is 0 Å². The summed E-state index contributed by atoms with van der Waals surface area (Å²) in [6.07, 6.45) is 1.57. The molecule has 4 aliphatic rings. The number of Topliss-reactive ketones (excluding diaryl/α,β-unsaturated/α-hetero) is 1. The van der Waals surface area contributed by atoms with E-state index < -0.39 is 16.9 Å². The summed E-state index contributed by atoms with van der Waals surface area (Å²) in [6.45, 7) is 2.52. The topological polar surface area (TPSA) is 78.5 Å². The molecule has 0 radical (unpaired) electrons. The number of anilines is 2. The first-order valence-corrected chi connectivity index (χ1v) is 12.7. The van der Waals surface area contributed by atoms with Crippen molar-refractivity contribution in [3.63, 3.8) is 0 Å². The third kappa shape index (κ3) is 2.34. The normalized spacial score (nSPS) is 29.8. The van der Waals surface area contributed by atoms with E-state index in [4.69, 9.17) is 11.6 Å². The van der Waals surface area contributed by atoms with Crippen molar-refractivity contribution in [1.82, 2.24) is 4.90 Å². The van der Waals surface area contributed by atoms with Crippen molar-refractivity contribution in [3.05, 3.63) is 94.0 Å². The van der Waals surface area contributed by atoms with Crippen molar-refractivity contribution >= 4 is 40.6 Å². The summed E-state index contributed by atoms with van der Waals surface area (Å²) in [5.41, 5.74) is 1.23. The second-order valence-corrected chi connectivity index (χ2v) is 10.7. The van der Waals surface area contributed by atoms with Crippen LogP contribution in [0.1, 0.15) is 39.9 Å². The van der Waals surface area contributed by atoms with Crippen molar-refractivity contribution in [2.75, 3.05) is 17.2 Å². The predicted octanol–water partition coefficient (Wildman–Crippen LogP) is 4.66. The number of nitrogens with one attached hydrogen (secondary N) is 2. The number of carbonyl (C=O) groups is 3. The number of para-hydroxylation sites is 1. The number of hydrogen-bond acceptors (Lipinski definition) is 4. The van der Waals surface area contributed by atoms with E-state index in [1.165, 1.54) is 0 Å². The molecule has 2 spiro atoms. The number of nitrogens with zero attached hydrogens (tertiary/aromatic N) is 1. The monoisotopic (exact) mass is 497 g/mol. The smallest absolute Gasteiger partial charge is 0.251 e. The number of fused-ring (bicyclic) bond motifs is 7. The molecule has 2 fully saturated rings. The fourth-order valence-corrected chi connectivity index (χ4v) is 7.87. The lowest BCUT2D eigenvalue weighted by atomic mass is 9.57. The number of benzene rings is 3. The van der Waals surface area contributed by atoms with E-state index in [9.17, 15) is 14.4 Å². The average Bonchev–Trinajstić information content (AvgIpc) is 3.59. The molecule has 4 heterocycles. The van der Waals surface area contributed by atoms with Gasteiger partial charge in [0.15, 0.2) is 5.78 Å². The summed E-state index contributed by atoms with van der Waals surface area (Å²) in [5, 5.41) is 6.66. The number of amides is 2. The Bertz CT molecular complexity index is 1490. The maximum atomic E-state index is 14.4. The quantitative estimate of drug-likeness (QED) is 0.505. The average molecular weight is 498 g/mol. The third-order valence-corrected chi connectivity index (χ3v) is 8.93. The second kappa shape index (κ2) is 7.28. The molecule has 3 aromatic carbocycles. The first-order valence-electron chi connectivity index (χ1n) is 12.3. The van der Waals surface area contributed by atoms with E-state index >= 15 is 0 Å². The molecule has 7 rings (SSSR count). The van der Waals surface area contributed by atoms with Gasteiger partial charge in [0.1, 0.15) is 11.0 Å². The maximum Gasteiger partial charge on any atom is 0.251 e. The van der Waals surface area contributed by atoms with Crippen LogP contribution in [-0.2, 0) is 20.5 Å². The molecule has 0 unspecified atom stereocenters. The first-order chi connectivity index (χ1) is 17.4. The van der Waals surface area contributed by atoms with Crippen LogP contribution in [0.15, 0.2) is 66.7 Å². The Kier molecular flexibility index (Phi) is 4.40. The molecule has 36 heavy (non-hydrogen) atoms. The van der Waals surface area contributed by atoms with E-state index in [1.807, 2.05) is 61.5 Å². The Morgan fingerprint density at radius 1 is 0.972 bits per heavy atom. The summed E-state index contributed by atoms with van der Waals surface area (Å²) < 4.78 is 0. The van der Waals surface area contributed by atoms with Crippen molar-refractivity contribution in [3.8, 4) is 0 Å². The summed E-state index contributed by atoms with van der Waals surface area (Å²) >= 11 is 6.58. The molecular weight excluding hydrogens is 474 g/mol. The van der Waals surface area contributed by atoms with Gasteiger partial charge in [0.25, 0.3) is 5.91 Å². The zero-order valence-corrected chi connectivity index (χ0v) is 20.4. The van der Waals surface area contributed by atoms with Crippen molar-refractivity contribution in [2.45, 2.75) is 36.8 Å². The van der Waals surface area contributed by atoms with Crippen LogP contribution in [-0.4, -0.2) is 35.1 Å². The lowest BCUT2D eigenvalue weighted by Crippen LogP contribution is -2.62. The molecule has 0 aliphatic carbocycles. The van der Waals surface area contributed by atoms with Crippen LogP contribution in [0, 0.1) is 12.8 Å². The Morgan fingerprint density at radius 3 is 2.53 bits per heavy atom. The number of aryl methyl sites for hydroxylation is 1. The number of halogens is 1. The second-order valence-electron chi connectivity index (χ2n) is 10.2. The third-order valence-electron chi connectivity index (χ3n) is 8.71. The highest BCUT2D eigenvalue weighted by molar-refractivity contribution is 6.31. The summed E-state index contributed by atoms with van der Waals surface area (Å²) in [6, 6.07) is 20.0. The molecule has 2 saturated heterocycles. The number of ketones is 1. The van der Waals surface area contributed by atoms with E-state index in [1.54, 1.807) is 12.1 Å². The van der Waals surface area contributed by atoms with Crippen molar-refractivity contribution < 1.29 is 14.4 Å². The minimum atomic E-state index is -1.45. The molecule has 0 aromatic heterocycles. The lowest BCUT2D eigenvalue weighted by Gasteiger charge is -2.43. The molecule has 6 nitrogen and oxygen atoms in total. The van der Waals surface area contributed by atoms with Crippen LogP contribution in [0.5, 0.6) is 0 Å². The largest absolute Gasteiger partial charge is 0.325 e. The molecule has 3 aromatic rings. The van der Waals surface area contributed by atoms with Gasteiger partial charge in [-0.1, -0.05) is 60.1 Å². The zero-order chi connectivity index (χ0) is 24.8. The molecule has 7 heteroatoms. The minimum Gasteiger partial charge on any atom is -0.325 e. The van der Waals surface area contributed by atoms with Gasteiger partial charge < -0.3 is 10.6 Å². The fourth-order valence-electron chi connectivity index (χ4n) is 7.59. The molecule has 4 aliphatic heterocycles. The molecule has 0 saturated carbocycles. The molecular formula is C29H24ClN3O3. The molecule has 4 atom stereocenters. The molecule has 180 valence electrons. The first kappa shape index (κ1) is 21.8. The predicted molar refractivity (Wildman–Crippen MR) is 137 cm³/mol. The van der Waals surface area contributed by atoms with Gasteiger partial charge in [-0.15, -0.1) is 0 Å². The van der Waals surface area contributed by atoms with E-state index in [0.29, 0.717) is 39.6 Å². The highest BCUT2D eigenvalue weighted by Crippen LogP contribution is 2.68.